The Hall–Kier alpha value is -2.34. The highest BCUT2D eigenvalue weighted by atomic mass is 19.4. The molecule has 0 amide bonds. The predicted molar refractivity (Wildman–Crippen MR) is 68.3 cm³/mol. The Labute approximate surface area is 134 Å². The lowest BCUT2D eigenvalue weighted by Crippen LogP contribution is -2.40. The summed E-state index contributed by atoms with van der Waals surface area (Å²) >= 11 is 0. The van der Waals surface area contributed by atoms with Gasteiger partial charge in [-0.2, -0.15) is 39.5 Å². The molecule has 1 rings (SSSR count). The van der Waals surface area contributed by atoms with E-state index in [1.807, 2.05) is 0 Å². The van der Waals surface area contributed by atoms with Crippen LogP contribution in [0.25, 0.3) is 0 Å². The van der Waals surface area contributed by atoms with Gasteiger partial charge in [0.25, 0.3) is 0 Å². The fourth-order valence-electron chi connectivity index (χ4n) is 1.91. The molecule has 0 heterocycles. The van der Waals surface area contributed by atoms with Gasteiger partial charge in [0.1, 0.15) is 13.1 Å². The van der Waals surface area contributed by atoms with Gasteiger partial charge in [-0.15, -0.1) is 0 Å². The van der Waals surface area contributed by atoms with Gasteiger partial charge >= 0.3 is 18.5 Å². The first-order chi connectivity index (χ1) is 11.1. The van der Waals surface area contributed by atoms with Gasteiger partial charge in [-0.25, -0.2) is 0 Å². The van der Waals surface area contributed by atoms with E-state index >= 15 is 0 Å². The molecule has 0 unspecified atom stereocenters. The summed E-state index contributed by atoms with van der Waals surface area (Å²) < 4.78 is 114. The zero-order valence-corrected chi connectivity index (χ0v) is 12.0. The smallest absolute Gasteiger partial charge is 0.409 e. The Balaban J connectivity index is 3.45. The van der Waals surface area contributed by atoms with E-state index in [1.165, 1.54) is 0 Å². The molecule has 0 radical (unpaired) electrons. The third-order valence-corrected chi connectivity index (χ3v) is 2.80. The topological polar surface area (TPSA) is 61.9 Å². The number of rotatable bonds is 4. The number of benzene rings is 1. The highest BCUT2D eigenvalue weighted by molar-refractivity contribution is 5.99. The van der Waals surface area contributed by atoms with E-state index in [2.05, 4.69) is 5.16 Å². The maximum Gasteiger partial charge on any atom is 0.417 e. The number of nitrogens with zero attached hydrogens (tertiary/aromatic N) is 2. The highest BCUT2D eigenvalue weighted by Crippen LogP contribution is 2.36. The molecule has 1 aromatic rings. The van der Waals surface area contributed by atoms with Crippen LogP contribution in [0.5, 0.6) is 0 Å². The minimum atomic E-state index is -5.16. The molecule has 25 heavy (non-hydrogen) atoms. The van der Waals surface area contributed by atoms with Crippen molar-refractivity contribution in [2.75, 3.05) is 18.0 Å². The average molecular weight is 383 g/mol. The molecular weight excluding hydrogens is 373 g/mol. The fraction of sp³-hybridized carbons (Fsp3) is 0.417. The van der Waals surface area contributed by atoms with E-state index < -0.39 is 54.3 Å². The molecule has 1 aromatic carbocycles. The molecule has 0 atom stereocenters. The molecule has 4 nitrogen and oxygen atoms in total. The Morgan fingerprint density at radius 2 is 1.44 bits per heavy atom. The van der Waals surface area contributed by atoms with Crippen LogP contribution < -0.4 is 10.6 Å². The van der Waals surface area contributed by atoms with Crippen molar-refractivity contribution >= 4 is 11.5 Å². The van der Waals surface area contributed by atoms with Crippen LogP contribution in [0, 0.1) is 0 Å². The summed E-state index contributed by atoms with van der Waals surface area (Å²) in [5.74, 6) is -1.00. The minimum Gasteiger partial charge on any atom is -0.409 e. The van der Waals surface area contributed by atoms with Crippen molar-refractivity contribution in [1.29, 1.82) is 0 Å². The Morgan fingerprint density at radius 1 is 0.960 bits per heavy atom. The number of alkyl halides is 9. The molecule has 0 spiro atoms. The van der Waals surface area contributed by atoms with E-state index in [-0.39, 0.29) is 11.0 Å². The first kappa shape index (κ1) is 20.7. The molecule has 142 valence electrons. The van der Waals surface area contributed by atoms with Crippen molar-refractivity contribution < 1.29 is 44.7 Å². The van der Waals surface area contributed by atoms with Crippen LogP contribution in [0.1, 0.15) is 11.1 Å². The third kappa shape index (κ3) is 6.23. The number of hydrogen-bond acceptors (Lipinski definition) is 3. The second-order valence-electron chi connectivity index (χ2n) is 4.80. The average Bonchev–Trinajstić information content (AvgIpc) is 2.41. The maximum atomic E-state index is 13.0. The molecule has 0 bridgehead atoms. The maximum absolute atomic E-state index is 13.0. The van der Waals surface area contributed by atoms with Crippen LogP contribution in [0.3, 0.4) is 0 Å². The molecule has 3 N–H and O–H groups in total. The Bertz CT molecular complexity index is 618. The molecule has 0 aromatic heterocycles. The Morgan fingerprint density at radius 3 is 1.80 bits per heavy atom. The molecule has 0 aliphatic carbocycles. The highest BCUT2D eigenvalue weighted by Gasteiger charge is 2.39. The number of anilines is 1. The first-order valence-corrected chi connectivity index (χ1v) is 6.21. The Kier molecular flexibility index (Phi) is 5.70. The van der Waals surface area contributed by atoms with Gasteiger partial charge in [0.05, 0.1) is 5.56 Å². The van der Waals surface area contributed by atoms with Gasteiger partial charge in [0, 0.05) is 11.3 Å². The molecule has 0 saturated carbocycles. The van der Waals surface area contributed by atoms with Crippen LogP contribution in [0.4, 0.5) is 45.2 Å². The van der Waals surface area contributed by atoms with E-state index in [0.29, 0.717) is 12.1 Å². The van der Waals surface area contributed by atoms with E-state index in [4.69, 9.17) is 10.9 Å². The van der Waals surface area contributed by atoms with Crippen LogP contribution >= 0.6 is 0 Å². The van der Waals surface area contributed by atoms with Crippen molar-refractivity contribution in [2.45, 2.75) is 18.5 Å². The molecule has 0 aliphatic heterocycles. The predicted octanol–water partition coefficient (Wildman–Crippen LogP) is 3.73. The summed E-state index contributed by atoms with van der Waals surface area (Å²) in [5.41, 5.74) is 1.54. The van der Waals surface area contributed by atoms with Crippen molar-refractivity contribution in [3.8, 4) is 0 Å². The van der Waals surface area contributed by atoms with E-state index in [9.17, 15) is 39.5 Å². The normalized spacial score (nSPS) is 13.9. The van der Waals surface area contributed by atoms with Crippen molar-refractivity contribution in [1.82, 2.24) is 0 Å². The minimum absolute atomic E-state index is 0.0743. The van der Waals surface area contributed by atoms with Gasteiger partial charge in [0.2, 0.25) is 0 Å². The van der Waals surface area contributed by atoms with Gasteiger partial charge in [0.15, 0.2) is 5.84 Å². The van der Waals surface area contributed by atoms with Gasteiger partial charge in [-0.1, -0.05) is 5.16 Å². The SMILES string of the molecule is N/C(=N\O)c1ccc(N(CC(F)(F)F)CC(F)(F)F)cc1C(F)(F)F. The van der Waals surface area contributed by atoms with Crippen LogP contribution in [-0.2, 0) is 6.18 Å². The van der Waals surface area contributed by atoms with Crippen LogP contribution in [0.2, 0.25) is 0 Å². The quantitative estimate of drug-likeness (QED) is 0.274. The van der Waals surface area contributed by atoms with Crippen molar-refractivity contribution in [3.63, 3.8) is 0 Å². The molecule has 13 heteroatoms. The summed E-state index contributed by atoms with van der Waals surface area (Å²) in [6.45, 7) is -4.24. The third-order valence-electron chi connectivity index (χ3n) is 2.80. The van der Waals surface area contributed by atoms with Gasteiger partial charge < -0.3 is 15.8 Å². The zero-order valence-electron chi connectivity index (χ0n) is 12.0. The molecule has 0 fully saturated rings. The summed E-state index contributed by atoms with van der Waals surface area (Å²) in [6, 6.07) is 1.18. The number of amidine groups is 1. The standard InChI is InChI=1S/C12H10F9N3O/c13-10(14,15)4-24(5-11(16,17)18)6-1-2-7(9(22)23-25)8(3-6)12(19,20)21/h1-3,25H,4-5H2,(H2,22,23). The zero-order chi connectivity index (χ0) is 19.6. The lowest BCUT2D eigenvalue weighted by Gasteiger charge is -2.28. The fourth-order valence-corrected chi connectivity index (χ4v) is 1.91. The molecular formula is C12H10F9N3O. The number of halogens is 9. The monoisotopic (exact) mass is 383 g/mol. The number of nitrogens with two attached hydrogens (primary N) is 1. The van der Waals surface area contributed by atoms with Crippen molar-refractivity contribution in [3.05, 3.63) is 29.3 Å². The van der Waals surface area contributed by atoms with Gasteiger partial charge in [-0.05, 0) is 18.2 Å². The van der Waals surface area contributed by atoms with Crippen molar-refractivity contribution in [2.24, 2.45) is 10.9 Å². The first-order valence-electron chi connectivity index (χ1n) is 6.21. The summed E-state index contributed by atoms with van der Waals surface area (Å²) in [7, 11) is 0. The summed E-state index contributed by atoms with van der Waals surface area (Å²) in [6.07, 6.45) is -15.3. The van der Waals surface area contributed by atoms with Crippen LogP contribution in [-0.4, -0.2) is 36.5 Å². The number of oxime groups is 1. The lowest BCUT2D eigenvalue weighted by atomic mass is 10.0. The summed E-state index contributed by atoms with van der Waals surface area (Å²) in [5, 5.41) is 10.8. The van der Waals surface area contributed by atoms with E-state index in [0.717, 1.165) is 0 Å². The molecule has 0 aliphatic rings. The second kappa shape index (κ2) is 6.88. The second-order valence-corrected chi connectivity index (χ2v) is 4.80. The summed E-state index contributed by atoms with van der Waals surface area (Å²) in [4.78, 5) is -0.300. The number of hydrogen-bond donors (Lipinski definition) is 2. The largest absolute Gasteiger partial charge is 0.417 e. The van der Waals surface area contributed by atoms with E-state index in [1.54, 1.807) is 0 Å². The van der Waals surface area contributed by atoms with Crippen LogP contribution in [0.15, 0.2) is 23.4 Å². The molecule has 0 saturated heterocycles. The lowest BCUT2D eigenvalue weighted by molar-refractivity contribution is -0.137. The van der Waals surface area contributed by atoms with Gasteiger partial charge in [-0.3, -0.25) is 0 Å².